The Morgan fingerprint density at radius 2 is 0.841 bits per heavy atom. The van der Waals surface area contributed by atoms with Gasteiger partial charge in [0.1, 0.15) is 6.61 Å². The van der Waals surface area contributed by atoms with E-state index in [-0.39, 0.29) is 36.2 Å². The van der Waals surface area contributed by atoms with Crippen molar-refractivity contribution < 1.29 is 38.2 Å². The highest BCUT2D eigenvalue weighted by atomic mass is 16.6. The van der Waals surface area contributed by atoms with E-state index in [1.807, 2.05) is 21.1 Å². The van der Waals surface area contributed by atoms with E-state index >= 15 is 0 Å². The number of carbonyl (C=O) groups excluding carboxylic acids is 2. The van der Waals surface area contributed by atoms with Crippen molar-refractivity contribution in [2.24, 2.45) is 0 Å². The molecule has 0 fully saturated rings. The number of carboxylic acid groups (broad SMARTS) is 1. The zero-order chi connectivity index (χ0) is 46.3. The van der Waals surface area contributed by atoms with Gasteiger partial charge in [-0.15, -0.1) is 0 Å². The molecule has 366 valence electrons. The van der Waals surface area contributed by atoms with Crippen LogP contribution in [0.3, 0.4) is 0 Å². The van der Waals surface area contributed by atoms with Crippen molar-refractivity contribution in [2.75, 3.05) is 41.0 Å². The average molecular weight is 887 g/mol. The van der Waals surface area contributed by atoms with E-state index in [0.29, 0.717) is 19.3 Å². The lowest BCUT2D eigenvalue weighted by molar-refractivity contribution is -0.887. The van der Waals surface area contributed by atoms with Gasteiger partial charge in [0.25, 0.3) is 0 Å². The molecule has 0 aliphatic carbocycles. The van der Waals surface area contributed by atoms with Crippen molar-refractivity contribution in [3.05, 3.63) is 48.6 Å². The fourth-order valence-corrected chi connectivity index (χ4v) is 7.75. The smallest absolute Gasteiger partial charge is 0.362 e. The van der Waals surface area contributed by atoms with E-state index in [1.54, 1.807) is 0 Å². The summed E-state index contributed by atoms with van der Waals surface area (Å²) in [4.78, 5) is 37.2. The van der Waals surface area contributed by atoms with Crippen molar-refractivity contribution in [2.45, 2.75) is 244 Å². The monoisotopic (exact) mass is 887 g/mol. The molecule has 2 unspecified atom stereocenters. The van der Waals surface area contributed by atoms with Crippen LogP contribution in [0.25, 0.3) is 0 Å². The van der Waals surface area contributed by atoms with E-state index in [9.17, 15) is 19.5 Å². The summed E-state index contributed by atoms with van der Waals surface area (Å²) in [6.45, 7) is 4.71. The number of carbonyl (C=O) groups is 3. The molecule has 0 aromatic rings. The Labute approximate surface area is 388 Å². The highest BCUT2D eigenvalue weighted by Gasteiger charge is 2.31. The molecule has 0 aliphatic rings. The Hall–Kier alpha value is -2.71. The molecule has 63 heavy (non-hydrogen) atoms. The van der Waals surface area contributed by atoms with Crippen LogP contribution in [0.2, 0.25) is 0 Å². The topological polar surface area (TPSA) is 99.1 Å². The Morgan fingerprint density at radius 3 is 1.27 bits per heavy atom. The van der Waals surface area contributed by atoms with Crippen LogP contribution in [0, 0.1) is 0 Å². The maximum Gasteiger partial charge on any atom is 0.362 e. The first-order valence-electron chi connectivity index (χ1n) is 26.2. The number of ether oxygens (including phenoxy) is 3. The second-order valence-electron chi connectivity index (χ2n) is 18.9. The summed E-state index contributed by atoms with van der Waals surface area (Å²) in [7, 11) is 5.53. The lowest BCUT2D eigenvalue weighted by Gasteiger charge is -2.31. The summed E-state index contributed by atoms with van der Waals surface area (Å²) >= 11 is 0. The van der Waals surface area contributed by atoms with Crippen molar-refractivity contribution in [1.29, 1.82) is 0 Å². The number of unbranched alkanes of at least 4 members (excludes halogenated alkanes) is 28. The van der Waals surface area contributed by atoms with Crippen molar-refractivity contribution >= 4 is 17.9 Å². The van der Waals surface area contributed by atoms with Crippen LogP contribution in [0.4, 0.5) is 0 Å². The van der Waals surface area contributed by atoms with Gasteiger partial charge in [0.2, 0.25) is 0 Å². The van der Waals surface area contributed by atoms with Gasteiger partial charge in [0, 0.05) is 19.3 Å². The number of allylic oxidation sites excluding steroid dienone is 8. The van der Waals surface area contributed by atoms with E-state index < -0.39 is 18.1 Å². The molecular formula is C55H100NO7+. The SMILES string of the molecule is CCCCC/C=C/C=C/C=C/C=C/CCCCCCCC(=O)OCC(COCCC(C(=O)O)[N+](C)(C)C)OC(=O)CCCCCCCCCCCCCCCCCCCCCCC. The van der Waals surface area contributed by atoms with Crippen LogP contribution in [0.15, 0.2) is 48.6 Å². The third-order valence-corrected chi connectivity index (χ3v) is 11.8. The van der Waals surface area contributed by atoms with Gasteiger partial charge in [-0.1, -0.05) is 223 Å². The number of hydrogen-bond donors (Lipinski definition) is 1. The van der Waals surface area contributed by atoms with E-state index in [2.05, 4.69) is 62.5 Å². The minimum Gasteiger partial charge on any atom is -0.477 e. The largest absolute Gasteiger partial charge is 0.477 e. The van der Waals surface area contributed by atoms with E-state index in [0.717, 1.165) is 64.2 Å². The Morgan fingerprint density at radius 1 is 0.476 bits per heavy atom. The lowest BCUT2D eigenvalue weighted by atomic mass is 10.0. The maximum atomic E-state index is 12.8. The van der Waals surface area contributed by atoms with Crippen molar-refractivity contribution in [3.63, 3.8) is 0 Å². The minimum atomic E-state index is -0.877. The Kier molecular flexibility index (Phi) is 43.9. The first kappa shape index (κ1) is 60.3. The fourth-order valence-electron chi connectivity index (χ4n) is 7.75. The maximum absolute atomic E-state index is 12.8. The molecule has 0 heterocycles. The van der Waals surface area contributed by atoms with Gasteiger partial charge in [-0.2, -0.15) is 0 Å². The summed E-state index contributed by atoms with van der Waals surface area (Å²) in [6, 6.07) is -0.619. The third kappa shape index (κ3) is 44.3. The molecule has 2 atom stereocenters. The van der Waals surface area contributed by atoms with Gasteiger partial charge in [-0.25, -0.2) is 4.79 Å². The number of carboxylic acids is 1. The predicted molar refractivity (Wildman–Crippen MR) is 266 cm³/mol. The van der Waals surface area contributed by atoms with Gasteiger partial charge in [0.05, 0.1) is 34.4 Å². The molecule has 0 aromatic heterocycles. The van der Waals surface area contributed by atoms with Gasteiger partial charge in [-0.05, 0) is 38.5 Å². The predicted octanol–water partition coefficient (Wildman–Crippen LogP) is 15.1. The molecule has 0 spiro atoms. The highest BCUT2D eigenvalue weighted by molar-refractivity contribution is 5.72. The number of likely N-dealkylation sites (N-methyl/N-ethyl adjacent to an activating group) is 1. The van der Waals surface area contributed by atoms with E-state index in [1.165, 1.54) is 135 Å². The fraction of sp³-hybridized carbons (Fsp3) is 0.800. The van der Waals surface area contributed by atoms with Crippen LogP contribution in [0.5, 0.6) is 0 Å². The van der Waals surface area contributed by atoms with Crippen molar-refractivity contribution in [1.82, 2.24) is 0 Å². The van der Waals surface area contributed by atoms with Crippen LogP contribution in [-0.4, -0.2) is 80.6 Å². The molecule has 8 heteroatoms. The van der Waals surface area contributed by atoms with Gasteiger partial charge >= 0.3 is 17.9 Å². The Balaban J connectivity index is 4.26. The number of hydrogen-bond acceptors (Lipinski definition) is 6. The first-order valence-corrected chi connectivity index (χ1v) is 26.2. The van der Waals surface area contributed by atoms with Gasteiger partial charge < -0.3 is 23.8 Å². The highest BCUT2D eigenvalue weighted by Crippen LogP contribution is 2.16. The Bertz CT molecular complexity index is 1170. The summed E-state index contributed by atoms with van der Waals surface area (Å²) in [5, 5.41) is 9.66. The molecule has 0 saturated carbocycles. The first-order chi connectivity index (χ1) is 30.6. The summed E-state index contributed by atoms with van der Waals surface area (Å²) in [5.74, 6) is -1.49. The van der Waals surface area contributed by atoms with Crippen LogP contribution >= 0.6 is 0 Å². The lowest BCUT2D eigenvalue weighted by Crippen LogP contribution is -2.50. The molecule has 0 aliphatic heterocycles. The molecule has 0 bridgehead atoms. The third-order valence-electron chi connectivity index (χ3n) is 11.8. The normalized spacial score (nSPS) is 13.2. The quantitative estimate of drug-likeness (QED) is 0.0281. The molecule has 0 saturated heterocycles. The summed E-state index contributed by atoms with van der Waals surface area (Å²) in [5.41, 5.74) is 0. The van der Waals surface area contributed by atoms with Crippen molar-refractivity contribution in [3.8, 4) is 0 Å². The molecule has 1 N–H and O–H groups in total. The zero-order valence-electron chi connectivity index (χ0n) is 41.8. The number of nitrogens with zero attached hydrogens (tertiary/aromatic N) is 1. The van der Waals surface area contributed by atoms with Gasteiger partial charge in [-0.3, -0.25) is 9.59 Å². The molecule has 0 aromatic carbocycles. The van der Waals surface area contributed by atoms with Crippen LogP contribution in [-0.2, 0) is 28.6 Å². The number of quaternary nitrogens is 1. The van der Waals surface area contributed by atoms with Crippen LogP contribution < -0.4 is 0 Å². The van der Waals surface area contributed by atoms with Gasteiger partial charge in [0.15, 0.2) is 12.1 Å². The number of aliphatic carboxylic acids is 1. The summed E-state index contributed by atoms with van der Waals surface area (Å²) < 4.78 is 17.3. The molecule has 8 nitrogen and oxygen atoms in total. The van der Waals surface area contributed by atoms with Crippen LogP contribution in [0.1, 0.15) is 232 Å². The zero-order valence-corrected chi connectivity index (χ0v) is 41.8. The second kappa shape index (κ2) is 45.8. The minimum absolute atomic E-state index is 0.0548. The average Bonchev–Trinajstić information content (AvgIpc) is 3.24. The number of rotatable bonds is 47. The molecule has 0 rings (SSSR count). The van der Waals surface area contributed by atoms with E-state index in [4.69, 9.17) is 14.2 Å². The standard InChI is InChI=1S/C55H99NO7/c1-6-8-10-12-14-16-18-20-22-24-26-27-28-30-32-34-36-38-40-42-44-46-54(58)63-51(49-61-48-47-52(55(59)60)56(3,4)5)50-62-53(57)45-43-41-39-37-35-33-31-29-25-23-21-19-17-15-13-11-9-7-2/h15,17,19,21,23,25,29,31,51-52H,6-14,16,18,20,22,24,26-28,30,32-50H2,1-5H3/p+1/b17-15+,21-19+,25-23+,31-29+. The second-order valence-corrected chi connectivity index (χ2v) is 18.9. The molecule has 0 amide bonds. The number of esters is 2. The molecular weight excluding hydrogens is 787 g/mol. The molecule has 0 radical (unpaired) electrons. The summed E-state index contributed by atoms with van der Waals surface area (Å²) in [6.07, 6.45) is 55.9.